The Kier molecular flexibility index (Phi) is 8.04. The van der Waals surface area contributed by atoms with Crippen molar-refractivity contribution in [3.05, 3.63) is 48.0 Å². The SMILES string of the molecule is C=C(CI)C[C@H](CC(=O)OCC)OC(=O)c1ccccc1. The number of hydrogen-bond donors (Lipinski definition) is 0. The highest BCUT2D eigenvalue weighted by Crippen LogP contribution is 2.16. The van der Waals surface area contributed by atoms with Crippen LogP contribution in [-0.2, 0) is 14.3 Å². The largest absolute Gasteiger partial charge is 0.466 e. The third-order valence-corrected chi connectivity index (χ3v) is 3.77. The number of hydrogen-bond acceptors (Lipinski definition) is 4. The maximum Gasteiger partial charge on any atom is 0.338 e. The summed E-state index contributed by atoms with van der Waals surface area (Å²) in [5, 5.41) is 0. The molecule has 0 saturated heterocycles. The summed E-state index contributed by atoms with van der Waals surface area (Å²) in [4.78, 5) is 23.7. The summed E-state index contributed by atoms with van der Waals surface area (Å²) in [6.45, 7) is 5.95. The van der Waals surface area contributed by atoms with Crippen molar-refractivity contribution < 1.29 is 19.1 Å². The van der Waals surface area contributed by atoms with Crippen LogP contribution in [0.1, 0.15) is 30.1 Å². The van der Waals surface area contributed by atoms with Crippen molar-refractivity contribution in [3.63, 3.8) is 0 Å². The van der Waals surface area contributed by atoms with Crippen LogP contribution in [0.15, 0.2) is 42.5 Å². The molecule has 1 atom stereocenters. The fraction of sp³-hybridized carbons (Fsp3) is 0.375. The molecule has 114 valence electrons. The maximum atomic E-state index is 12.1. The van der Waals surface area contributed by atoms with E-state index in [0.29, 0.717) is 18.6 Å². The molecule has 1 rings (SSSR count). The van der Waals surface area contributed by atoms with Crippen LogP contribution in [0.2, 0.25) is 0 Å². The summed E-state index contributed by atoms with van der Waals surface area (Å²) in [6, 6.07) is 8.71. The van der Waals surface area contributed by atoms with Crippen molar-refractivity contribution in [1.29, 1.82) is 0 Å². The molecule has 21 heavy (non-hydrogen) atoms. The van der Waals surface area contributed by atoms with Gasteiger partial charge in [0.15, 0.2) is 0 Å². The van der Waals surface area contributed by atoms with Crippen LogP contribution < -0.4 is 0 Å². The molecule has 0 unspecified atom stereocenters. The van der Waals surface area contributed by atoms with Gasteiger partial charge in [0.25, 0.3) is 0 Å². The summed E-state index contributed by atoms with van der Waals surface area (Å²) in [5.74, 6) is -0.809. The molecule has 0 N–H and O–H groups in total. The fourth-order valence-electron chi connectivity index (χ4n) is 1.73. The van der Waals surface area contributed by atoms with Gasteiger partial charge in [-0.05, 0) is 19.1 Å². The third-order valence-electron chi connectivity index (χ3n) is 2.69. The molecule has 0 aromatic heterocycles. The van der Waals surface area contributed by atoms with E-state index in [1.807, 2.05) is 6.07 Å². The zero-order chi connectivity index (χ0) is 15.7. The smallest absolute Gasteiger partial charge is 0.338 e. The number of halogens is 1. The lowest BCUT2D eigenvalue weighted by molar-refractivity contribution is -0.145. The molecule has 0 spiro atoms. The average molecular weight is 402 g/mol. The zero-order valence-electron chi connectivity index (χ0n) is 12.0. The molecular formula is C16H19IO4. The summed E-state index contributed by atoms with van der Waals surface area (Å²) in [6.07, 6.45) is -0.0402. The standard InChI is InChI=1S/C16H19IO4/c1-3-20-15(18)10-14(9-12(2)11-17)21-16(19)13-7-5-4-6-8-13/h4-8,14H,2-3,9-11H2,1H3/t14-/m1/s1. The van der Waals surface area contributed by atoms with Gasteiger partial charge in [-0.3, -0.25) is 4.79 Å². The number of ether oxygens (including phenoxy) is 2. The van der Waals surface area contributed by atoms with E-state index >= 15 is 0 Å². The molecule has 0 fully saturated rings. The van der Waals surface area contributed by atoms with E-state index in [0.717, 1.165) is 10.0 Å². The van der Waals surface area contributed by atoms with Crippen LogP contribution >= 0.6 is 22.6 Å². The van der Waals surface area contributed by atoms with Gasteiger partial charge in [-0.25, -0.2) is 4.79 Å². The van der Waals surface area contributed by atoms with E-state index in [1.165, 1.54) is 0 Å². The molecule has 0 saturated carbocycles. The van der Waals surface area contributed by atoms with E-state index in [9.17, 15) is 9.59 Å². The van der Waals surface area contributed by atoms with Gasteiger partial charge in [0.2, 0.25) is 0 Å². The maximum absolute atomic E-state index is 12.1. The molecule has 0 heterocycles. The van der Waals surface area contributed by atoms with Gasteiger partial charge in [-0.2, -0.15) is 0 Å². The highest BCUT2D eigenvalue weighted by Gasteiger charge is 2.20. The van der Waals surface area contributed by atoms with Crippen molar-refractivity contribution in [3.8, 4) is 0 Å². The molecule has 0 bridgehead atoms. The number of alkyl halides is 1. The predicted octanol–water partition coefficient (Wildman–Crippen LogP) is 3.55. The van der Waals surface area contributed by atoms with Crippen LogP contribution in [0.25, 0.3) is 0 Å². The molecular weight excluding hydrogens is 383 g/mol. The Labute approximate surface area is 138 Å². The van der Waals surface area contributed by atoms with E-state index in [-0.39, 0.29) is 12.4 Å². The van der Waals surface area contributed by atoms with Crippen molar-refractivity contribution in [2.75, 3.05) is 11.0 Å². The van der Waals surface area contributed by atoms with Crippen LogP contribution in [-0.4, -0.2) is 29.1 Å². The Bertz CT molecular complexity index is 484. The first kappa shape index (κ1) is 17.7. The fourth-order valence-corrected chi connectivity index (χ4v) is 2.04. The monoisotopic (exact) mass is 402 g/mol. The van der Waals surface area contributed by atoms with Crippen molar-refractivity contribution in [1.82, 2.24) is 0 Å². The van der Waals surface area contributed by atoms with Crippen molar-refractivity contribution in [2.45, 2.75) is 25.9 Å². The summed E-state index contributed by atoms with van der Waals surface area (Å²) >= 11 is 2.19. The lowest BCUT2D eigenvalue weighted by Gasteiger charge is -2.18. The predicted molar refractivity (Wildman–Crippen MR) is 89.5 cm³/mol. The summed E-state index contributed by atoms with van der Waals surface area (Å²) in [5.41, 5.74) is 1.39. The second kappa shape index (κ2) is 9.55. The van der Waals surface area contributed by atoms with Gasteiger partial charge in [-0.15, -0.1) is 0 Å². The molecule has 1 aromatic carbocycles. The van der Waals surface area contributed by atoms with Gasteiger partial charge in [0.1, 0.15) is 6.10 Å². The first-order chi connectivity index (χ1) is 10.1. The lowest BCUT2D eigenvalue weighted by Crippen LogP contribution is -2.23. The summed E-state index contributed by atoms with van der Waals surface area (Å²) < 4.78 is 11.1. The van der Waals surface area contributed by atoms with E-state index < -0.39 is 12.1 Å². The van der Waals surface area contributed by atoms with E-state index in [1.54, 1.807) is 31.2 Å². The molecule has 4 nitrogen and oxygen atoms in total. The van der Waals surface area contributed by atoms with E-state index in [2.05, 4.69) is 29.2 Å². The molecule has 0 aliphatic rings. The minimum absolute atomic E-state index is 0.0437. The zero-order valence-corrected chi connectivity index (χ0v) is 14.2. The average Bonchev–Trinajstić information content (AvgIpc) is 2.48. The minimum atomic E-state index is -0.543. The van der Waals surface area contributed by atoms with Gasteiger partial charge in [-0.1, -0.05) is 52.9 Å². The molecule has 0 aliphatic heterocycles. The van der Waals surface area contributed by atoms with Crippen LogP contribution in [0.5, 0.6) is 0 Å². The Balaban J connectivity index is 2.69. The number of rotatable bonds is 8. The Morgan fingerprint density at radius 2 is 1.90 bits per heavy atom. The van der Waals surface area contributed by atoms with Gasteiger partial charge >= 0.3 is 11.9 Å². The van der Waals surface area contributed by atoms with E-state index in [4.69, 9.17) is 9.47 Å². The van der Waals surface area contributed by atoms with Crippen molar-refractivity contribution >= 4 is 34.5 Å². The highest BCUT2D eigenvalue weighted by molar-refractivity contribution is 14.1. The van der Waals surface area contributed by atoms with Crippen LogP contribution in [0.3, 0.4) is 0 Å². The van der Waals surface area contributed by atoms with Gasteiger partial charge < -0.3 is 9.47 Å². The Hall–Kier alpha value is -1.37. The number of carbonyl (C=O) groups is 2. The topological polar surface area (TPSA) is 52.6 Å². The number of carbonyl (C=O) groups excluding carboxylic acids is 2. The minimum Gasteiger partial charge on any atom is -0.466 e. The molecule has 0 radical (unpaired) electrons. The normalized spacial score (nSPS) is 11.5. The van der Waals surface area contributed by atoms with Crippen LogP contribution in [0, 0.1) is 0 Å². The second-order valence-corrected chi connectivity index (χ2v) is 5.25. The number of esters is 2. The molecule has 1 aromatic rings. The first-order valence-electron chi connectivity index (χ1n) is 6.71. The van der Waals surface area contributed by atoms with Crippen LogP contribution in [0.4, 0.5) is 0 Å². The Morgan fingerprint density at radius 3 is 2.48 bits per heavy atom. The summed E-state index contributed by atoms with van der Waals surface area (Å²) in [7, 11) is 0. The third kappa shape index (κ3) is 6.75. The molecule has 0 amide bonds. The Morgan fingerprint density at radius 1 is 1.24 bits per heavy atom. The second-order valence-electron chi connectivity index (χ2n) is 4.49. The first-order valence-corrected chi connectivity index (χ1v) is 8.23. The molecule has 5 heteroatoms. The quantitative estimate of drug-likeness (QED) is 0.289. The lowest BCUT2D eigenvalue weighted by atomic mass is 10.1. The van der Waals surface area contributed by atoms with Crippen molar-refractivity contribution in [2.24, 2.45) is 0 Å². The number of benzene rings is 1. The highest BCUT2D eigenvalue weighted by atomic mass is 127. The van der Waals surface area contributed by atoms with Gasteiger partial charge in [0, 0.05) is 10.8 Å². The van der Waals surface area contributed by atoms with Gasteiger partial charge in [0.05, 0.1) is 18.6 Å². The molecule has 0 aliphatic carbocycles.